The van der Waals surface area contributed by atoms with Crippen LogP contribution in [0.3, 0.4) is 0 Å². The van der Waals surface area contributed by atoms with Gasteiger partial charge < -0.3 is 10.1 Å². The Morgan fingerprint density at radius 3 is 2.17 bits per heavy atom. The number of nitrogens with zero attached hydrogens (tertiary/aromatic N) is 1. The van der Waals surface area contributed by atoms with E-state index in [2.05, 4.69) is 26.1 Å². The Hall–Kier alpha value is -2.74. The van der Waals surface area contributed by atoms with Crippen LogP contribution < -0.4 is 14.4 Å². The Bertz CT molecular complexity index is 1300. The number of anilines is 1. The van der Waals surface area contributed by atoms with Crippen molar-refractivity contribution in [2.75, 3.05) is 23.7 Å². The predicted octanol–water partition coefficient (Wildman–Crippen LogP) is 6.07. The number of carbonyl (C=O) groups excluding carboxylic acids is 1. The van der Waals surface area contributed by atoms with Crippen LogP contribution in [0.5, 0.6) is 5.75 Å². The van der Waals surface area contributed by atoms with Gasteiger partial charge in [0.2, 0.25) is 10.0 Å². The van der Waals surface area contributed by atoms with Gasteiger partial charge in [0.05, 0.1) is 30.1 Å². The van der Waals surface area contributed by atoms with E-state index < -0.39 is 10.0 Å². The maximum absolute atomic E-state index is 12.5. The van der Waals surface area contributed by atoms with Crippen LogP contribution in [0.4, 0.5) is 5.69 Å². The molecule has 36 heavy (non-hydrogen) atoms. The maximum Gasteiger partial charge on any atom is 0.251 e. The topological polar surface area (TPSA) is 75.7 Å². The molecule has 0 aliphatic rings. The Kier molecular flexibility index (Phi) is 8.93. The lowest BCUT2D eigenvalue weighted by Crippen LogP contribution is -2.30. The fraction of sp³-hybridized carbons (Fsp3) is 0.296. The van der Waals surface area contributed by atoms with Crippen molar-refractivity contribution in [3.63, 3.8) is 0 Å². The van der Waals surface area contributed by atoms with Crippen molar-refractivity contribution in [1.29, 1.82) is 0 Å². The molecule has 0 aliphatic carbocycles. The maximum atomic E-state index is 12.5. The highest BCUT2D eigenvalue weighted by molar-refractivity contribution is 7.92. The predicted molar refractivity (Wildman–Crippen MR) is 147 cm³/mol. The summed E-state index contributed by atoms with van der Waals surface area (Å²) < 4.78 is 31.8. The van der Waals surface area contributed by atoms with Crippen molar-refractivity contribution in [1.82, 2.24) is 5.32 Å². The van der Waals surface area contributed by atoms with Gasteiger partial charge in [0.1, 0.15) is 12.4 Å². The molecule has 1 N–H and O–H groups in total. The fourth-order valence-electron chi connectivity index (χ4n) is 3.48. The van der Waals surface area contributed by atoms with Crippen LogP contribution in [0, 0.1) is 0 Å². The number of ether oxygens (including phenoxy) is 1. The van der Waals surface area contributed by atoms with Gasteiger partial charge in [-0.05, 0) is 59.0 Å². The van der Waals surface area contributed by atoms with Gasteiger partial charge in [-0.25, -0.2) is 8.42 Å². The highest BCUT2D eigenvalue weighted by atomic mass is 35.5. The van der Waals surface area contributed by atoms with Gasteiger partial charge in [-0.1, -0.05) is 68.2 Å². The van der Waals surface area contributed by atoms with Gasteiger partial charge in [0, 0.05) is 10.6 Å². The van der Waals surface area contributed by atoms with Crippen molar-refractivity contribution >= 4 is 44.8 Å². The van der Waals surface area contributed by atoms with Crippen molar-refractivity contribution in [3.05, 3.63) is 93.5 Å². The normalized spacial score (nSPS) is 11.7. The summed E-state index contributed by atoms with van der Waals surface area (Å²) >= 11 is 12.2. The Morgan fingerprint density at radius 2 is 1.61 bits per heavy atom. The molecule has 0 aromatic heterocycles. The second-order valence-electron chi connectivity index (χ2n) is 9.44. The number of sulfonamides is 1. The lowest BCUT2D eigenvalue weighted by molar-refractivity contribution is 0.0947. The average Bonchev–Trinajstić information content (AvgIpc) is 2.80. The molecule has 0 atom stereocenters. The van der Waals surface area contributed by atoms with Gasteiger partial charge >= 0.3 is 0 Å². The molecule has 9 heteroatoms. The van der Waals surface area contributed by atoms with E-state index in [0.717, 1.165) is 12.0 Å². The van der Waals surface area contributed by atoms with Gasteiger partial charge in [-0.3, -0.25) is 9.10 Å². The molecule has 3 aromatic rings. The van der Waals surface area contributed by atoms with Gasteiger partial charge in [0.15, 0.2) is 0 Å². The number of carbonyl (C=O) groups is 1. The third-order valence-corrected chi connectivity index (χ3v) is 7.16. The summed E-state index contributed by atoms with van der Waals surface area (Å²) in [6, 6.07) is 19.3. The summed E-state index contributed by atoms with van der Waals surface area (Å²) in [5, 5.41) is 3.47. The number of halogens is 2. The lowest BCUT2D eigenvalue weighted by Gasteiger charge is -2.23. The van der Waals surface area contributed by atoms with Crippen molar-refractivity contribution in [2.24, 2.45) is 0 Å². The molecule has 192 valence electrons. The number of hydrogen-bond donors (Lipinski definition) is 1. The molecule has 0 unspecified atom stereocenters. The van der Waals surface area contributed by atoms with Crippen molar-refractivity contribution < 1.29 is 17.9 Å². The van der Waals surface area contributed by atoms with Gasteiger partial charge in [0.25, 0.3) is 5.91 Å². The summed E-state index contributed by atoms with van der Waals surface area (Å²) in [5.41, 5.74) is 2.79. The summed E-state index contributed by atoms with van der Waals surface area (Å²) in [6.45, 7) is 7.21. The molecule has 0 saturated heterocycles. The van der Waals surface area contributed by atoms with Gasteiger partial charge in [-0.2, -0.15) is 0 Å². The Balaban J connectivity index is 1.56. The van der Waals surface area contributed by atoms with E-state index >= 15 is 0 Å². The van der Waals surface area contributed by atoms with E-state index in [1.165, 1.54) is 15.9 Å². The minimum Gasteiger partial charge on any atom is -0.492 e. The molecule has 0 radical (unpaired) electrons. The van der Waals surface area contributed by atoms with E-state index in [1.54, 1.807) is 36.4 Å². The molecule has 0 saturated carbocycles. The largest absolute Gasteiger partial charge is 0.492 e. The molecule has 1 amide bonds. The minimum atomic E-state index is -3.61. The minimum absolute atomic E-state index is 0.0595. The highest BCUT2D eigenvalue weighted by Crippen LogP contribution is 2.31. The summed E-state index contributed by atoms with van der Waals surface area (Å²) in [6.07, 6.45) is 1.11. The summed E-state index contributed by atoms with van der Waals surface area (Å²) in [7, 11) is -3.61. The number of nitrogens with one attached hydrogen (secondary N) is 1. The average molecular weight is 550 g/mol. The third-order valence-electron chi connectivity index (χ3n) is 5.50. The molecule has 0 spiro atoms. The highest BCUT2D eigenvalue weighted by Gasteiger charge is 2.21. The molecule has 0 bridgehead atoms. The van der Waals surface area contributed by atoms with E-state index in [4.69, 9.17) is 27.9 Å². The second-order valence-corrected chi connectivity index (χ2v) is 12.2. The fourth-order valence-corrected chi connectivity index (χ4v) is 4.94. The SMILES string of the molecule is CC(C)(C)c1ccc(OCCNC(=O)c2ccc(CN(c3ccc(Cl)cc3Cl)S(C)(=O)=O)cc2)cc1. The number of hydrogen-bond acceptors (Lipinski definition) is 4. The zero-order valence-corrected chi connectivity index (χ0v) is 23.0. The zero-order chi connectivity index (χ0) is 26.5. The molecule has 0 aliphatic heterocycles. The van der Waals surface area contributed by atoms with Crippen LogP contribution in [0.15, 0.2) is 66.7 Å². The molecule has 6 nitrogen and oxygen atoms in total. The van der Waals surface area contributed by atoms with Crippen LogP contribution in [0.2, 0.25) is 10.0 Å². The first-order chi connectivity index (χ1) is 16.8. The smallest absolute Gasteiger partial charge is 0.251 e. The standard InChI is InChI=1S/C27H30Cl2N2O4S/c1-27(2,3)21-9-12-23(13-10-21)35-16-15-30-26(32)20-7-5-19(6-8-20)18-31(36(4,33)34)25-14-11-22(28)17-24(25)29/h5-14,17H,15-16,18H2,1-4H3,(H,30,32). The first-order valence-electron chi connectivity index (χ1n) is 11.4. The third kappa shape index (κ3) is 7.63. The molecular formula is C27H30Cl2N2O4S. The first-order valence-corrected chi connectivity index (χ1v) is 14.0. The molecular weight excluding hydrogens is 519 g/mol. The molecule has 0 heterocycles. The molecule has 0 fully saturated rings. The second kappa shape index (κ2) is 11.5. The van der Waals surface area contributed by atoms with Crippen molar-refractivity contribution in [3.8, 4) is 5.75 Å². The number of amides is 1. The van der Waals surface area contributed by atoms with Crippen LogP contribution in [-0.4, -0.2) is 33.7 Å². The molecule has 3 rings (SSSR count). The first kappa shape index (κ1) is 27.8. The summed E-state index contributed by atoms with van der Waals surface area (Å²) in [5.74, 6) is 0.506. The van der Waals surface area contributed by atoms with Crippen LogP contribution in [0.25, 0.3) is 0 Å². The Labute approximate surface area is 223 Å². The van der Waals surface area contributed by atoms with E-state index in [1.807, 2.05) is 24.3 Å². The number of rotatable bonds is 9. The quantitative estimate of drug-likeness (QED) is 0.329. The lowest BCUT2D eigenvalue weighted by atomic mass is 9.87. The number of benzene rings is 3. The zero-order valence-electron chi connectivity index (χ0n) is 20.7. The Morgan fingerprint density at radius 1 is 0.972 bits per heavy atom. The molecule has 3 aromatic carbocycles. The van der Waals surface area contributed by atoms with Crippen LogP contribution >= 0.6 is 23.2 Å². The monoisotopic (exact) mass is 548 g/mol. The van der Waals surface area contributed by atoms with E-state index in [0.29, 0.717) is 35.0 Å². The van der Waals surface area contributed by atoms with Crippen LogP contribution in [0.1, 0.15) is 42.3 Å². The van der Waals surface area contributed by atoms with Crippen molar-refractivity contribution in [2.45, 2.75) is 32.7 Å². The van der Waals surface area contributed by atoms with E-state index in [-0.39, 0.29) is 22.9 Å². The van der Waals surface area contributed by atoms with Crippen LogP contribution in [-0.2, 0) is 22.0 Å². The van der Waals surface area contributed by atoms with E-state index in [9.17, 15) is 13.2 Å². The van der Waals surface area contributed by atoms with Gasteiger partial charge in [-0.15, -0.1) is 0 Å². The summed E-state index contributed by atoms with van der Waals surface area (Å²) in [4.78, 5) is 12.5.